The summed E-state index contributed by atoms with van der Waals surface area (Å²) in [5.41, 5.74) is 1.61. The quantitative estimate of drug-likeness (QED) is 0.530. The highest BCUT2D eigenvalue weighted by molar-refractivity contribution is 5.91. The second-order valence-electron chi connectivity index (χ2n) is 8.20. The molecule has 0 radical (unpaired) electrons. The van der Waals surface area contributed by atoms with E-state index >= 15 is 0 Å². The predicted octanol–water partition coefficient (Wildman–Crippen LogP) is 1.53. The highest BCUT2D eigenvalue weighted by Gasteiger charge is 2.29. The number of amides is 2. The fourth-order valence-electron chi connectivity index (χ4n) is 3.50. The van der Waals surface area contributed by atoms with Crippen LogP contribution in [-0.4, -0.2) is 52.0 Å². The lowest BCUT2D eigenvalue weighted by Crippen LogP contribution is -2.54. The van der Waals surface area contributed by atoms with E-state index < -0.39 is 24.0 Å². The Morgan fingerprint density at radius 3 is 2.42 bits per heavy atom. The first-order chi connectivity index (χ1) is 15.9. The van der Waals surface area contributed by atoms with Crippen LogP contribution in [-0.2, 0) is 32.1 Å². The first-order valence-corrected chi connectivity index (χ1v) is 10.8. The van der Waals surface area contributed by atoms with Crippen molar-refractivity contribution in [3.05, 3.63) is 72.1 Å². The van der Waals surface area contributed by atoms with Gasteiger partial charge in [0.25, 0.3) is 0 Å². The summed E-state index contributed by atoms with van der Waals surface area (Å²) >= 11 is 0. The van der Waals surface area contributed by atoms with Crippen LogP contribution in [0.5, 0.6) is 0 Å². The highest BCUT2D eigenvalue weighted by atomic mass is 16.5. The summed E-state index contributed by atoms with van der Waals surface area (Å²) in [4.78, 5) is 37.9. The Bertz CT molecular complexity index is 1020. The number of aromatic nitrogens is 3. The van der Waals surface area contributed by atoms with E-state index in [0.717, 1.165) is 11.3 Å². The van der Waals surface area contributed by atoms with Crippen molar-refractivity contribution in [2.75, 3.05) is 7.11 Å². The summed E-state index contributed by atoms with van der Waals surface area (Å²) < 4.78 is 6.25. The smallest absolute Gasteiger partial charge is 0.328 e. The molecular formula is C24H29N5O4. The topological polar surface area (TPSA) is 115 Å². The number of nitrogens with one attached hydrogen (secondary N) is 2. The minimum absolute atomic E-state index is 0.0460. The van der Waals surface area contributed by atoms with Crippen LogP contribution in [0.25, 0.3) is 0 Å². The molecule has 0 bridgehead atoms. The molecule has 2 amide bonds. The summed E-state index contributed by atoms with van der Waals surface area (Å²) in [5.74, 6) is -1.52. The number of esters is 1. The van der Waals surface area contributed by atoms with Gasteiger partial charge in [-0.1, -0.05) is 73.7 Å². The number of hydrogen-bond donors (Lipinski definition) is 2. The Labute approximate surface area is 192 Å². The Morgan fingerprint density at radius 2 is 1.79 bits per heavy atom. The third kappa shape index (κ3) is 6.61. The number of carbonyl (C=O) groups excluding carboxylic acids is 3. The first-order valence-electron chi connectivity index (χ1n) is 10.8. The van der Waals surface area contributed by atoms with E-state index in [4.69, 9.17) is 4.74 Å². The van der Waals surface area contributed by atoms with Gasteiger partial charge >= 0.3 is 5.97 Å². The molecule has 3 rings (SSSR count). The molecule has 1 aromatic heterocycles. The maximum atomic E-state index is 13.1. The first kappa shape index (κ1) is 23.9. The zero-order valence-corrected chi connectivity index (χ0v) is 19.0. The van der Waals surface area contributed by atoms with Crippen molar-refractivity contribution in [3.8, 4) is 0 Å². The fraction of sp³-hybridized carbons (Fsp3) is 0.375. The van der Waals surface area contributed by atoms with E-state index in [2.05, 4.69) is 20.9 Å². The zero-order chi connectivity index (χ0) is 23.8. The summed E-state index contributed by atoms with van der Waals surface area (Å²) in [5, 5.41) is 13.6. The van der Waals surface area contributed by atoms with Crippen molar-refractivity contribution in [3.63, 3.8) is 0 Å². The molecule has 0 fully saturated rings. The minimum Gasteiger partial charge on any atom is -0.467 e. The van der Waals surface area contributed by atoms with Crippen LogP contribution >= 0.6 is 0 Å². The Hall–Kier alpha value is -3.75. The van der Waals surface area contributed by atoms with Crippen molar-refractivity contribution >= 4 is 17.8 Å². The van der Waals surface area contributed by atoms with Crippen molar-refractivity contribution in [2.24, 2.45) is 5.92 Å². The van der Waals surface area contributed by atoms with Crippen molar-refractivity contribution < 1.29 is 19.1 Å². The lowest BCUT2D eigenvalue weighted by atomic mass is 10.0. The summed E-state index contributed by atoms with van der Waals surface area (Å²) in [6, 6.07) is 7.65. The second-order valence-corrected chi connectivity index (χ2v) is 8.20. The lowest BCUT2D eigenvalue weighted by Gasteiger charge is -2.24. The number of nitrogens with zero attached hydrogens (tertiary/aromatic N) is 3. The lowest BCUT2D eigenvalue weighted by molar-refractivity contribution is -0.146. The van der Waals surface area contributed by atoms with Crippen LogP contribution in [0.3, 0.4) is 0 Å². The summed E-state index contributed by atoms with van der Waals surface area (Å²) in [6.45, 7) is 3.53. The molecule has 9 heteroatoms. The van der Waals surface area contributed by atoms with Gasteiger partial charge in [0, 0.05) is 18.5 Å². The van der Waals surface area contributed by atoms with E-state index in [0.29, 0.717) is 0 Å². The molecule has 33 heavy (non-hydrogen) atoms. The molecule has 2 N–H and O–H groups in total. The molecule has 0 unspecified atom stereocenters. The highest BCUT2D eigenvalue weighted by Crippen LogP contribution is 2.20. The molecule has 0 saturated carbocycles. The molecule has 174 valence electrons. The van der Waals surface area contributed by atoms with E-state index in [1.807, 2.05) is 68.5 Å². The number of methoxy groups -OCH3 is 1. The Balaban J connectivity index is 1.69. The molecular weight excluding hydrogens is 422 g/mol. The van der Waals surface area contributed by atoms with Gasteiger partial charge in [-0.2, -0.15) is 0 Å². The van der Waals surface area contributed by atoms with Crippen LogP contribution in [0, 0.1) is 5.92 Å². The number of allylic oxidation sites excluding steroid dienone is 4. The Kier molecular flexibility index (Phi) is 8.12. The molecule has 2 aromatic rings. The van der Waals surface area contributed by atoms with Gasteiger partial charge in [0.05, 0.1) is 12.8 Å². The number of rotatable bonds is 10. The largest absolute Gasteiger partial charge is 0.467 e. The number of carbonyl (C=O) groups is 3. The van der Waals surface area contributed by atoms with Crippen LogP contribution in [0.2, 0.25) is 0 Å². The third-order valence-electron chi connectivity index (χ3n) is 5.31. The van der Waals surface area contributed by atoms with Crippen LogP contribution < -0.4 is 10.6 Å². The second kappa shape index (κ2) is 11.2. The molecule has 1 aliphatic carbocycles. The van der Waals surface area contributed by atoms with Gasteiger partial charge in [0.2, 0.25) is 11.8 Å². The minimum atomic E-state index is -0.880. The molecule has 1 aromatic carbocycles. The normalized spacial score (nSPS) is 14.8. The van der Waals surface area contributed by atoms with E-state index in [1.165, 1.54) is 11.8 Å². The predicted molar refractivity (Wildman–Crippen MR) is 122 cm³/mol. The van der Waals surface area contributed by atoms with Crippen molar-refractivity contribution in [1.82, 2.24) is 25.6 Å². The molecule has 1 heterocycles. The molecule has 9 nitrogen and oxygen atoms in total. The van der Waals surface area contributed by atoms with Gasteiger partial charge in [0.15, 0.2) is 0 Å². The maximum Gasteiger partial charge on any atom is 0.328 e. The fourth-order valence-corrected chi connectivity index (χ4v) is 3.50. The van der Waals surface area contributed by atoms with E-state index in [9.17, 15) is 14.4 Å². The van der Waals surface area contributed by atoms with Gasteiger partial charge in [-0.15, -0.1) is 5.10 Å². The van der Waals surface area contributed by atoms with Gasteiger partial charge in [-0.25, -0.2) is 9.48 Å². The van der Waals surface area contributed by atoms with Gasteiger partial charge < -0.3 is 15.4 Å². The Morgan fingerprint density at radius 1 is 1.09 bits per heavy atom. The molecule has 0 aliphatic heterocycles. The SMILES string of the molecule is COC(=O)[C@@H](NC(=O)[C@H](Cc1ccccc1)NC(=O)Cn1cc(C2C=CC=C2)nn1)C(C)C. The van der Waals surface area contributed by atoms with Gasteiger partial charge in [-0.3, -0.25) is 9.59 Å². The molecule has 1 aliphatic rings. The van der Waals surface area contributed by atoms with Crippen molar-refractivity contribution in [2.45, 2.75) is 44.8 Å². The number of ether oxygens (including phenoxy) is 1. The van der Waals surface area contributed by atoms with Crippen LogP contribution in [0.15, 0.2) is 60.8 Å². The van der Waals surface area contributed by atoms with Crippen LogP contribution in [0.4, 0.5) is 0 Å². The summed E-state index contributed by atoms with van der Waals surface area (Å²) in [7, 11) is 1.27. The monoisotopic (exact) mass is 451 g/mol. The third-order valence-corrected chi connectivity index (χ3v) is 5.31. The molecule has 2 atom stereocenters. The molecule has 0 spiro atoms. The number of hydrogen-bond acceptors (Lipinski definition) is 6. The standard InChI is InChI=1S/C24H29N5O4/c1-16(2)22(24(32)33-3)26-23(31)19(13-17-9-5-4-6-10-17)25-21(30)15-29-14-20(27-28-29)18-11-7-8-12-18/h4-12,14,16,18-19,22H,13,15H2,1-3H3,(H,25,30)(H,26,31)/t19-,22-/m0/s1. The maximum absolute atomic E-state index is 13.1. The number of benzene rings is 1. The van der Waals surface area contributed by atoms with Crippen molar-refractivity contribution in [1.29, 1.82) is 0 Å². The average molecular weight is 452 g/mol. The molecule has 0 saturated heterocycles. The van der Waals surface area contributed by atoms with Gasteiger partial charge in [-0.05, 0) is 11.5 Å². The zero-order valence-electron chi connectivity index (χ0n) is 19.0. The van der Waals surface area contributed by atoms with Gasteiger partial charge in [0.1, 0.15) is 18.6 Å². The average Bonchev–Trinajstić information content (AvgIpc) is 3.49. The van der Waals surface area contributed by atoms with E-state index in [1.54, 1.807) is 6.20 Å². The van der Waals surface area contributed by atoms with E-state index in [-0.39, 0.29) is 30.7 Å². The summed E-state index contributed by atoms with van der Waals surface area (Å²) in [6.07, 6.45) is 9.82. The van der Waals surface area contributed by atoms with Crippen LogP contribution in [0.1, 0.15) is 31.0 Å².